The van der Waals surface area contributed by atoms with E-state index in [1.54, 1.807) is 24.0 Å². The van der Waals surface area contributed by atoms with Crippen LogP contribution in [0, 0.1) is 5.82 Å². The molecule has 1 saturated heterocycles. The minimum atomic E-state index is -3.24. The van der Waals surface area contributed by atoms with E-state index in [-0.39, 0.29) is 30.6 Å². The van der Waals surface area contributed by atoms with Crippen molar-refractivity contribution in [2.45, 2.75) is 13.3 Å². The number of ether oxygens (including phenoxy) is 1. The summed E-state index contributed by atoms with van der Waals surface area (Å²) in [6.45, 7) is 2.82. The van der Waals surface area contributed by atoms with Crippen LogP contribution in [0.15, 0.2) is 24.3 Å². The number of sulfonamides is 1. The fourth-order valence-corrected chi connectivity index (χ4v) is 3.53. The highest BCUT2D eigenvalue weighted by molar-refractivity contribution is 7.89. The molecular formula is C15H21FN2O4S. The molecule has 0 atom stereocenters. The highest BCUT2D eigenvalue weighted by atomic mass is 32.2. The standard InChI is InChI=1S/C15H21FN2O4S/c1-2-23(20,21)18-9-5-8-17(10-11-18)15(19)12-22-14-7-4-3-6-13(14)16/h3-4,6-7H,2,5,8-12H2,1H3. The van der Waals surface area contributed by atoms with Gasteiger partial charge in [-0.1, -0.05) is 12.1 Å². The van der Waals surface area contributed by atoms with Gasteiger partial charge in [0, 0.05) is 26.2 Å². The van der Waals surface area contributed by atoms with Crippen LogP contribution in [0.5, 0.6) is 5.75 Å². The van der Waals surface area contributed by atoms with Gasteiger partial charge in [-0.05, 0) is 25.5 Å². The SMILES string of the molecule is CCS(=O)(=O)N1CCCN(C(=O)COc2ccccc2F)CC1. The second kappa shape index (κ2) is 7.74. The molecule has 8 heteroatoms. The maximum Gasteiger partial charge on any atom is 0.260 e. The molecule has 0 N–H and O–H groups in total. The molecule has 128 valence electrons. The third-order valence-corrected chi connectivity index (χ3v) is 5.64. The minimum Gasteiger partial charge on any atom is -0.481 e. The van der Waals surface area contributed by atoms with Crippen molar-refractivity contribution >= 4 is 15.9 Å². The van der Waals surface area contributed by atoms with E-state index in [9.17, 15) is 17.6 Å². The van der Waals surface area contributed by atoms with Crippen molar-refractivity contribution in [3.63, 3.8) is 0 Å². The van der Waals surface area contributed by atoms with E-state index in [1.807, 2.05) is 0 Å². The Kier molecular flexibility index (Phi) is 5.95. The Bertz CT molecular complexity index is 651. The summed E-state index contributed by atoms with van der Waals surface area (Å²) in [5, 5.41) is 0. The molecule has 23 heavy (non-hydrogen) atoms. The van der Waals surface area contributed by atoms with Gasteiger partial charge in [0.25, 0.3) is 5.91 Å². The summed E-state index contributed by atoms with van der Waals surface area (Å²) in [6.07, 6.45) is 0.574. The Morgan fingerprint density at radius 2 is 1.96 bits per heavy atom. The molecule has 1 aromatic rings. The number of para-hydroxylation sites is 1. The summed E-state index contributed by atoms with van der Waals surface area (Å²) in [7, 11) is -3.24. The van der Waals surface area contributed by atoms with Gasteiger partial charge in [0.1, 0.15) is 0 Å². The second-order valence-corrected chi connectivity index (χ2v) is 7.51. The topological polar surface area (TPSA) is 66.9 Å². The summed E-state index contributed by atoms with van der Waals surface area (Å²) in [6, 6.07) is 5.89. The van der Waals surface area contributed by atoms with E-state index in [0.29, 0.717) is 26.1 Å². The number of benzene rings is 1. The van der Waals surface area contributed by atoms with Gasteiger partial charge in [-0.25, -0.2) is 17.1 Å². The first-order valence-corrected chi connectivity index (χ1v) is 9.18. The first-order chi connectivity index (χ1) is 10.9. The van der Waals surface area contributed by atoms with Crippen LogP contribution in [0.3, 0.4) is 0 Å². The van der Waals surface area contributed by atoms with E-state index in [1.165, 1.54) is 16.4 Å². The van der Waals surface area contributed by atoms with Gasteiger partial charge in [0.15, 0.2) is 18.2 Å². The Balaban J connectivity index is 1.90. The maximum absolute atomic E-state index is 13.4. The third-order valence-electron chi connectivity index (χ3n) is 3.75. The molecule has 0 aromatic heterocycles. The van der Waals surface area contributed by atoms with Crippen LogP contribution in [-0.2, 0) is 14.8 Å². The van der Waals surface area contributed by atoms with Crippen LogP contribution in [0.1, 0.15) is 13.3 Å². The van der Waals surface area contributed by atoms with Crippen LogP contribution < -0.4 is 4.74 Å². The number of rotatable bonds is 5. The molecule has 1 aliphatic heterocycles. The second-order valence-electron chi connectivity index (χ2n) is 5.25. The van der Waals surface area contributed by atoms with Crippen molar-refractivity contribution in [2.75, 3.05) is 38.5 Å². The van der Waals surface area contributed by atoms with Crippen molar-refractivity contribution in [2.24, 2.45) is 0 Å². The quantitative estimate of drug-likeness (QED) is 0.802. The summed E-state index contributed by atoms with van der Waals surface area (Å²) >= 11 is 0. The van der Waals surface area contributed by atoms with Crippen molar-refractivity contribution in [3.8, 4) is 5.75 Å². The van der Waals surface area contributed by atoms with E-state index in [4.69, 9.17) is 4.74 Å². The van der Waals surface area contributed by atoms with Crippen molar-refractivity contribution in [3.05, 3.63) is 30.1 Å². The van der Waals surface area contributed by atoms with Crippen LogP contribution in [-0.4, -0.2) is 62.1 Å². The average Bonchev–Trinajstić information content (AvgIpc) is 2.80. The number of hydrogen-bond donors (Lipinski definition) is 0. The lowest BCUT2D eigenvalue weighted by Crippen LogP contribution is -2.39. The highest BCUT2D eigenvalue weighted by Gasteiger charge is 2.25. The zero-order chi connectivity index (χ0) is 16.9. The molecule has 0 bridgehead atoms. The molecule has 6 nitrogen and oxygen atoms in total. The first-order valence-electron chi connectivity index (χ1n) is 7.57. The number of nitrogens with zero attached hydrogens (tertiary/aromatic N) is 2. The summed E-state index contributed by atoms with van der Waals surface area (Å²) in [5.74, 6) is -0.705. The van der Waals surface area contributed by atoms with Crippen molar-refractivity contribution in [1.82, 2.24) is 9.21 Å². The fourth-order valence-electron chi connectivity index (χ4n) is 2.40. The Morgan fingerprint density at radius 1 is 1.22 bits per heavy atom. The lowest BCUT2D eigenvalue weighted by atomic mass is 10.3. The lowest BCUT2D eigenvalue weighted by Gasteiger charge is -2.21. The van der Waals surface area contributed by atoms with Gasteiger partial charge in [0.2, 0.25) is 10.0 Å². The molecule has 1 amide bonds. The number of carbonyl (C=O) groups is 1. The van der Waals surface area contributed by atoms with Gasteiger partial charge in [-0.2, -0.15) is 0 Å². The van der Waals surface area contributed by atoms with Gasteiger partial charge < -0.3 is 9.64 Å². The van der Waals surface area contributed by atoms with Gasteiger partial charge in [-0.3, -0.25) is 4.79 Å². The molecule has 1 aliphatic rings. The zero-order valence-corrected chi connectivity index (χ0v) is 13.9. The number of hydrogen-bond acceptors (Lipinski definition) is 4. The van der Waals surface area contributed by atoms with Gasteiger partial charge in [0.05, 0.1) is 5.75 Å². The third kappa shape index (κ3) is 4.65. The molecular weight excluding hydrogens is 323 g/mol. The average molecular weight is 344 g/mol. The Labute approximate surface area is 135 Å². The molecule has 0 unspecified atom stereocenters. The van der Waals surface area contributed by atoms with Crippen LogP contribution in [0.2, 0.25) is 0 Å². The molecule has 1 aromatic carbocycles. The van der Waals surface area contributed by atoms with Gasteiger partial charge in [-0.15, -0.1) is 0 Å². The Morgan fingerprint density at radius 3 is 2.65 bits per heavy atom. The number of carbonyl (C=O) groups excluding carboxylic acids is 1. The highest BCUT2D eigenvalue weighted by Crippen LogP contribution is 2.15. The summed E-state index contributed by atoms with van der Waals surface area (Å²) in [5.41, 5.74) is 0. The largest absolute Gasteiger partial charge is 0.481 e. The predicted molar refractivity (Wildman–Crippen MR) is 84.1 cm³/mol. The molecule has 0 aliphatic carbocycles. The summed E-state index contributed by atoms with van der Waals surface area (Å²) in [4.78, 5) is 13.7. The van der Waals surface area contributed by atoms with Crippen LogP contribution in [0.25, 0.3) is 0 Å². The van der Waals surface area contributed by atoms with E-state index < -0.39 is 15.8 Å². The van der Waals surface area contributed by atoms with E-state index in [2.05, 4.69) is 0 Å². The number of halogens is 1. The lowest BCUT2D eigenvalue weighted by molar-refractivity contribution is -0.133. The van der Waals surface area contributed by atoms with E-state index in [0.717, 1.165) is 0 Å². The van der Waals surface area contributed by atoms with E-state index >= 15 is 0 Å². The molecule has 0 radical (unpaired) electrons. The smallest absolute Gasteiger partial charge is 0.260 e. The fraction of sp³-hybridized carbons (Fsp3) is 0.533. The number of amides is 1. The molecule has 2 rings (SSSR count). The van der Waals surface area contributed by atoms with Crippen molar-refractivity contribution < 1.29 is 22.3 Å². The normalized spacial score (nSPS) is 16.9. The molecule has 0 spiro atoms. The van der Waals surface area contributed by atoms with Crippen molar-refractivity contribution in [1.29, 1.82) is 0 Å². The zero-order valence-electron chi connectivity index (χ0n) is 13.1. The first kappa shape index (κ1) is 17.7. The van der Waals surface area contributed by atoms with Gasteiger partial charge >= 0.3 is 0 Å². The predicted octanol–water partition coefficient (Wildman–Crippen LogP) is 1.09. The Hall–Kier alpha value is -1.67. The van der Waals surface area contributed by atoms with Crippen LogP contribution >= 0.6 is 0 Å². The molecule has 1 heterocycles. The molecule has 0 saturated carbocycles. The minimum absolute atomic E-state index is 0.0332. The van der Waals surface area contributed by atoms with Crippen LogP contribution in [0.4, 0.5) is 4.39 Å². The maximum atomic E-state index is 13.4. The monoisotopic (exact) mass is 344 g/mol. The summed E-state index contributed by atoms with van der Waals surface area (Å²) < 4.78 is 43.8. The molecule has 1 fully saturated rings.